The molecule has 4 rings (SSSR count). The van der Waals surface area contributed by atoms with Gasteiger partial charge in [-0.3, -0.25) is 9.78 Å². The Hall–Kier alpha value is -4.04. The molecule has 6 N–H and O–H groups in total. The number of amides is 1. The first-order valence-electron chi connectivity index (χ1n) is 9.62. The molecule has 2 aromatic heterocycles. The van der Waals surface area contributed by atoms with Crippen LogP contribution in [-0.4, -0.2) is 42.0 Å². The van der Waals surface area contributed by atoms with Crippen LogP contribution in [0.2, 0.25) is 0 Å². The smallest absolute Gasteiger partial charge is 0.343 e. The Bertz CT molecular complexity index is 1490. The fraction of sp³-hybridized carbons (Fsp3) is 0.100. The molecule has 0 fully saturated rings. The molecule has 14 heteroatoms. The second kappa shape index (κ2) is 8.72. The van der Waals surface area contributed by atoms with E-state index in [1.165, 1.54) is 42.7 Å². The number of rotatable bonds is 6. The van der Waals surface area contributed by atoms with Gasteiger partial charge in [-0.25, -0.2) is 18.5 Å². The molecular formula is C20H17F3N7O3S+. The average Bonchev–Trinajstić information content (AvgIpc) is 3.25. The highest BCUT2D eigenvalue weighted by molar-refractivity contribution is 7.89. The predicted octanol–water partition coefficient (Wildman–Crippen LogP) is 2.12. The quantitative estimate of drug-likeness (QED) is 0.323. The van der Waals surface area contributed by atoms with E-state index in [9.17, 15) is 26.4 Å². The monoisotopic (exact) mass is 492 g/mol. The van der Waals surface area contributed by atoms with Crippen molar-refractivity contribution >= 4 is 38.7 Å². The summed E-state index contributed by atoms with van der Waals surface area (Å²) in [5.41, 5.74) is 2.02. The number of nitrogens with two attached hydrogens (primary N) is 1. The lowest BCUT2D eigenvalue weighted by Gasteiger charge is -2.09. The first kappa shape index (κ1) is 23.1. The molecule has 0 saturated heterocycles. The maximum atomic E-state index is 12.4. The van der Waals surface area contributed by atoms with Gasteiger partial charge in [0.25, 0.3) is 5.91 Å². The van der Waals surface area contributed by atoms with Gasteiger partial charge in [0.1, 0.15) is 12.2 Å². The predicted molar refractivity (Wildman–Crippen MR) is 115 cm³/mol. The van der Waals surface area contributed by atoms with Gasteiger partial charge in [-0.2, -0.15) is 18.2 Å². The molecule has 0 saturated carbocycles. The highest BCUT2D eigenvalue weighted by atomic mass is 32.2. The Labute approximate surface area is 190 Å². The number of primary sulfonamides is 1. The molecule has 0 aliphatic rings. The fourth-order valence-electron chi connectivity index (χ4n) is 3.11. The minimum Gasteiger partial charge on any atom is -0.343 e. The Morgan fingerprint density at radius 1 is 1.12 bits per heavy atom. The molecule has 0 spiro atoms. The molecule has 2 aromatic carbocycles. The summed E-state index contributed by atoms with van der Waals surface area (Å²) in [6.45, 7) is -1.45. The summed E-state index contributed by atoms with van der Waals surface area (Å²) in [7, 11) is -3.92. The molecule has 0 atom stereocenters. The van der Waals surface area contributed by atoms with E-state index in [1.807, 2.05) is 5.32 Å². The van der Waals surface area contributed by atoms with E-state index in [4.69, 9.17) is 5.14 Å². The number of aromatic nitrogens is 4. The number of carbonyl (C=O) groups is 1. The van der Waals surface area contributed by atoms with Crippen LogP contribution in [0.3, 0.4) is 0 Å². The van der Waals surface area contributed by atoms with Gasteiger partial charge in [0.15, 0.2) is 11.8 Å². The van der Waals surface area contributed by atoms with Crippen LogP contribution < -0.4 is 20.8 Å². The van der Waals surface area contributed by atoms with Crippen LogP contribution in [0.4, 0.5) is 24.8 Å². The van der Waals surface area contributed by atoms with E-state index < -0.39 is 28.7 Å². The van der Waals surface area contributed by atoms with E-state index in [0.29, 0.717) is 28.1 Å². The molecule has 176 valence electrons. The van der Waals surface area contributed by atoms with Gasteiger partial charge in [-0.1, -0.05) is 23.2 Å². The number of anilines is 2. The van der Waals surface area contributed by atoms with E-state index in [1.54, 1.807) is 12.1 Å². The lowest BCUT2D eigenvalue weighted by molar-refractivity contribution is -0.347. The summed E-state index contributed by atoms with van der Waals surface area (Å²) < 4.78 is 60.6. The minimum absolute atomic E-state index is 0.0133. The SMILES string of the molecule is NS(=O)(=O)c1cccc(Nc2nc(-c3cccc(C(=O)NCC(F)(F)F)c3)c3[nH]c[nH+]c3n2)c1. The largest absolute Gasteiger partial charge is 0.405 e. The van der Waals surface area contributed by atoms with Gasteiger partial charge < -0.3 is 10.6 Å². The minimum atomic E-state index is -4.53. The number of aromatic amines is 2. The van der Waals surface area contributed by atoms with Crippen molar-refractivity contribution in [1.29, 1.82) is 0 Å². The first-order chi connectivity index (χ1) is 16.0. The first-order valence-corrected chi connectivity index (χ1v) is 11.2. The maximum Gasteiger partial charge on any atom is 0.405 e. The van der Waals surface area contributed by atoms with Crippen LogP contribution >= 0.6 is 0 Å². The number of benzene rings is 2. The normalized spacial score (nSPS) is 12.0. The summed E-state index contributed by atoms with van der Waals surface area (Å²) in [5, 5.41) is 9.90. The van der Waals surface area contributed by atoms with Crippen molar-refractivity contribution in [1.82, 2.24) is 20.3 Å². The average molecular weight is 492 g/mol. The zero-order valence-corrected chi connectivity index (χ0v) is 18.0. The molecule has 2 heterocycles. The number of alkyl halides is 3. The maximum absolute atomic E-state index is 12.4. The lowest BCUT2D eigenvalue weighted by atomic mass is 10.1. The topological polar surface area (TPSA) is 157 Å². The number of hydrogen-bond donors (Lipinski definition) is 4. The molecule has 4 aromatic rings. The Morgan fingerprint density at radius 3 is 2.62 bits per heavy atom. The zero-order valence-electron chi connectivity index (χ0n) is 17.1. The third kappa shape index (κ3) is 5.29. The summed E-state index contributed by atoms with van der Waals surface area (Å²) in [6, 6.07) is 11.7. The highest BCUT2D eigenvalue weighted by Gasteiger charge is 2.28. The van der Waals surface area contributed by atoms with Crippen LogP contribution in [-0.2, 0) is 10.0 Å². The van der Waals surface area contributed by atoms with Crippen molar-refractivity contribution in [3.05, 3.63) is 60.4 Å². The third-order valence-electron chi connectivity index (χ3n) is 4.60. The van der Waals surface area contributed by atoms with Gasteiger partial charge >= 0.3 is 17.8 Å². The van der Waals surface area contributed by atoms with Crippen molar-refractivity contribution in [2.75, 3.05) is 11.9 Å². The second-order valence-electron chi connectivity index (χ2n) is 7.13. The van der Waals surface area contributed by atoms with E-state index in [-0.39, 0.29) is 16.4 Å². The van der Waals surface area contributed by atoms with Crippen LogP contribution in [0.1, 0.15) is 10.4 Å². The molecular weight excluding hydrogens is 475 g/mol. The van der Waals surface area contributed by atoms with Crippen molar-refractivity contribution in [2.24, 2.45) is 5.14 Å². The summed E-state index contributed by atoms with van der Waals surface area (Å²) in [6.07, 6.45) is -3.03. The number of fused-ring (bicyclic) bond motifs is 1. The van der Waals surface area contributed by atoms with Crippen LogP contribution in [0, 0.1) is 0 Å². The number of hydrogen-bond acceptors (Lipinski definition) is 6. The Kier molecular flexibility index (Phi) is 5.93. The van der Waals surface area contributed by atoms with Crippen LogP contribution in [0.15, 0.2) is 59.8 Å². The van der Waals surface area contributed by atoms with Crippen LogP contribution in [0.5, 0.6) is 0 Å². The Balaban J connectivity index is 1.69. The zero-order chi connectivity index (χ0) is 24.5. The van der Waals surface area contributed by atoms with Crippen molar-refractivity contribution < 1.29 is 31.4 Å². The Morgan fingerprint density at radius 2 is 1.88 bits per heavy atom. The van der Waals surface area contributed by atoms with Gasteiger partial charge in [-0.05, 0) is 30.3 Å². The molecule has 0 radical (unpaired) electrons. The fourth-order valence-corrected chi connectivity index (χ4v) is 3.67. The molecule has 0 aliphatic carbocycles. The van der Waals surface area contributed by atoms with E-state index in [0.717, 1.165) is 0 Å². The summed E-state index contributed by atoms with van der Waals surface area (Å²) in [5.74, 6) is -0.794. The lowest BCUT2D eigenvalue weighted by Crippen LogP contribution is -2.33. The standard InChI is InChI=1S/C20H16F3N7O3S/c21-20(22,23)9-25-18(31)12-4-1-3-11(7-12)15-16-17(27-10-26-16)30-19(29-15)28-13-5-2-6-14(8-13)34(24,32)33/h1-8,10H,9H2,(H,25,31)(H2,24,32,33)(H2,26,27,28,29,30)/p+1. The third-order valence-corrected chi connectivity index (χ3v) is 5.51. The van der Waals surface area contributed by atoms with Crippen molar-refractivity contribution in [3.8, 4) is 11.3 Å². The summed E-state index contributed by atoms with van der Waals surface area (Å²) in [4.78, 5) is 26.7. The number of sulfonamides is 1. The second-order valence-corrected chi connectivity index (χ2v) is 8.69. The number of nitrogens with one attached hydrogen (secondary N) is 4. The number of H-pyrrole nitrogens is 2. The van der Waals surface area contributed by atoms with Gasteiger partial charge in [-0.15, -0.1) is 0 Å². The molecule has 0 unspecified atom stereocenters. The molecule has 10 nitrogen and oxygen atoms in total. The highest BCUT2D eigenvalue weighted by Crippen LogP contribution is 2.27. The number of halogens is 3. The van der Waals surface area contributed by atoms with Crippen molar-refractivity contribution in [2.45, 2.75) is 11.1 Å². The van der Waals surface area contributed by atoms with Crippen LogP contribution in [0.25, 0.3) is 22.4 Å². The van der Waals surface area contributed by atoms with E-state index in [2.05, 4.69) is 25.3 Å². The molecule has 1 amide bonds. The number of nitrogens with zero attached hydrogens (tertiary/aromatic N) is 2. The van der Waals surface area contributed by atoms with Gasteiger partial charge in [0.2, 0.25) is 10.0 Å². The molecule has 0 aliphatic heterocycles. The summed E-state index contributed by atoms with van der Waals surface area (Å²) >= 11 is 0. The molecule has 0 bridgehead atoms. The number of imidazole rings is 1. The van der Waals surface area contributed by atoms with Crippen molar-refractivity contribution in [3.63, 3.8) is 0 Å². The molecule has 34 heavy (non-hydrogen) atoms. The number of carbonyl (C=O) groups excluding carboxylic acids is 1. The van der Waals surface area contributed by atoms with Gasteiger partial charge in [0.05, 0.1) is 4.90 Å². The van der Waals surface area contributed by atoms with E-state index >= 15 is 0 Å². The van der Waals surface area contributed by atoms with Gasteiger partial charge in [0, 0.05) is 16.8 Å².